The van der Waals surface area contributed by atoms with Crippen LogP contribution in [0.1, 0.15) is 80.8 Å². The molecule has 1 aliphatic carbocycles. The van der Waals surface area contributed by atoms with Crippen LogP contribution in [-0.4, -0.2) is 4.40 Å². The van der Waals surface area contributed by atoms with E-state index in [0.29, 0.717) is 11.8 Å². The van der Waals surface area contributed by atoms with Crippen LogP contribution < -0.4 is 4.57 Å². The zero-order valence-corrected chi connectivity index (χ0v) is 20.6. The first-order valence-electron chi connectivity index (χ1n) is 12.0. The number of imidazole rings is 1. The predicted molar refractivity (Wildman–Crippen MR) is 136 cm³/mol. The quantitative estimate of drug-likeness (QED) is 0.302. The normalized spacial score (nSPS) is 14.0. The van der Waals surface area contributed by atoms with E-state index >= 15 is 0 Å². The average Bonchev–Trinajstić information content (AvgIpc) is 3.10. The third-order valence-corrected chi connectivity index (χ3v) is 7.25. The summed E-state index contributed by atoms with van der Waals surface area (Å²) in [5.74, 6) is 0.944. The zero-order valence-electron chi connectivity index (χ0n) is 20.6. The highest BCUT2D eigenvalue weighted by Gasteiger charge is 2.30. The lowest BCUT2D eigenvalue weighted by molar-refractivity contribution is -0.643. The molecule has 2 aromatic heterocycles. The van der Waals surface area contributed by atoms with Crippen molar-refractivity contribution < 1.29 is 4.57 Å². The van der Waals surface area contributed by atoms with Gasteiger partial charge in [-0.25, -0.2) is 4.57 Å². The highest BCUT2D eigenvalue weighted by atomic mass is 15.1. The zero-order chi connectivity index (χ0) is 22.7. The fourth-order valence-electron chi connectivity index (χ4n) is 5.67. The Morgan fingerprint density at radius 3 is 2.19 bits per heavy atom. The molecule has 0 fully saturated rings. The number of allylic oxidation sites excluding steroid dienone is 1. The number of nitrogens with zero attached hydrogens (tertiary/aromatic N) is 2. The fourth-order valence-corrected chi connectivity index (χ4v) is 5.67. The molecule has 0 aliphatic heterocycles. The van der Waals surface area contributed by atoms with E-state index < -0.39 is 0 Å². The van der Waals surface area contributed by atoms with Gasteiger partial charge in [0.05, 0.1) is 12.4 Å². The Morgan fingerprint density at radius 1 is 0.875 bits per heavy atom. The summed E-state index contributed by atoms with van der Waals surface area (Å²) in [5.41, 5.74) is 12.6. The number of rotatable bonds is 3. The van der Waals surface area contributed by atoms with Gasteiger partial charge in [-0.2, -0.15) is 4.40 Å². The Bertz CT molecular complexity index is 1370. The summed E-state index contributed by atoms with van der Waals surface area (Å²) in [7, 11) is 2.22. The van der Waals surface area contributed by atoms with Gasteiger partial charge in [-0.3, -0.25) is 0 Å². The van der Waals surface area contributed by atoms with Crippen molar-refractivity contribution in [2.45, 2.75) is 66.2 Å². The number of pyridine rings is 1. The van der Waals surface area contributed by atoms with Crippen LogP contribution in [0, 0.1) is 6.92 Å². The molecule has 2 heteroatoms. The second-order valence-corrected chi connectivity index (χ2v) is 10.3. The van der Waals surface area contributed by atoms with E-state index in [4.69, 9.17) is 0 Å². The van der Waals surface area contributed by atoms with E-state index in [9.17, 15) is 0 Å². The van der Waals surface area contributed by atoms with Crippen molar-refractivity contribution in [1.29, 1.82) is 0 Å². The molecule has 0 N–H and O–H groups in total. The third kappa shape index (κ3) is 3.03. The van der Waals surface area contributed by atoms with E-state index in [1.54, 1.807) is 0 Å². The molecule has 1 aliphatic rings. The van der Waals surface area contributed by atoms with Crippen LogP contribution in [0.3, 0.4) is 0 Å². The molecule has 164 valence electrons. The van der Waals surface area contributed by atoms with E-state index in [-0.39, 0.29) is 0 Å². The van der Waals surface area contributed by atoms with E-state index in [1.807, 2.05) is 0 Å². The van der Waals surface area contributed by atoms with Gasteiger partial charge in [-0.15, -0.1) is 0 Å². The van der Waals surface area contributed by atoms with Gasteiger partial charge in [0, 0.05) is 22.9 Å². The molecule has 0 saturated heterocycles. The van der Waals surface area contributed by atoms with E-state index in [2.05, 4.69) is 106 Å². The SMILES string of the molecule is CC1=Cc2c(n3c(-c4c(C(C)C)cccc4C(C)C)c[n+](C)c3c3c(C)cccc23)CC1. The van der Waals surface area contributed by atoms with Crippen molar-refractivity contribution in [3.05, 3.63) is 76.1 Å². The van der Waals surface area contributed by atoms with Gasteiger partial charge in [0.25, 0.3) is 5.65 Å². The van der Waals surface area contributed by atoms with Crippen molar-refractivity contribution in [1.82, 2.24) is 4.40 Å². The maximum Gasteiger partial charge on any atom is 0.295 e. The lowest BCUT2D eigenvalue weighted by atomic mass is 9.86. The van der Waals surface area contributed by atoms with Crippen LogP contribution in [0.5, 0.6) is 0 Å². The van der Waals surface area contributed by atoms with Crippen molar-refractivity contribution in [2.75, 3.05) is 0 Å². The first kappa shape index (κ1) is 21.0. The summed E-state index contributed by atoms with van der Waals surface area (Å²) < 4.78 is 4.96. The highest BCUT2D eigenvalue weighted by Crippen LogP contribution is 2.40. The van der Waals surface area contributed by atoms with Gasteiger partial charge in [0.1, 0.15) is 11.9 Å². The summed E-state index contributed by atoms with van der Waals surface area (Å²) in [4.78, 5) is 0. The Hall–Kier alpha value is -2.87. The number of aromatic nitrogens is 2. The van der Waals surface area contributed by atoms with Crippen molar-refractivity contribution >= 4 is 22.5 Å². The molecular formula is C30H35N2+. The number of fused-ring (bicyclic) bond motifs is 6. The largest absolute Gasteiger partial charge is 0.295 e. The topological polar surface area (TPSA) is 8.29 Å². The van der Waals surface area contributed by atoms with Crippen molar-refractivity contribution in [3.8, 4) is 11.3 Å². The lowest BCUT2D eigenvalue weighted by Crippen LogP contribution is -2.26. The molecule has 5 rings (SSSR count). The van der Waals surface area contributed by atoms with Crippen LogP contribution in [0.15, 0.2) is 48.2 Å². The molecular weight excluding hydrogens is 388 g/mol. The molecule has 0 unspecified atom stereocenters. The van der Waals surface area contributed by atoms with Crippen LogP contribution in [0.2, 0.25) is 0 Å². The summed E-state index contributed by atoms with van der Waals surface area (Å²) in [6.07, 6.45) is 7.02. The minimum Gasteiger partial charge on any atom is -0.232 e. The second kappa shape index (κ2) is 7.62. The lowest BCUT2D eigenvalue weighted by Gasteiger charge is -2.20. The smallest absolute Gasteiger partial charge is 0.232 e. The van der Waals surface area contributed by atoms with Gasteiger partial charge in [0.2, 0.25) is 0 Å². The second-order valence-electron chi connectivity index (χ2n) is 10.3. The maximum atomic E-state index is 2.60. The molecule has 0 saturated carbocycles. The first-order chi connectivity index (χ1) is 15.3. The summed E-state index contributed by atoms with van der Waals surface area (Å²) >= 11 is 0. The summed E-state index contributed by atoms with van der Waals surface area (Å²) in [5, 5.41) is 2.76. The van der Waals surface area contributed by atoms with Crippen LogP contribution >= 0.6 is 0 Å². The minimum atomic E-state index is 0.472. The third-order valence-electron chi connectivity index (χ3n) is 7.25. The number of hydrogen-bond acceptors (Lipinski definition) is 0. The summed E-state index contributed by atoms with van der Waals surface area (Å²) in [6, 6.07) is 13.7. The van der Waals surface area contributed by atoms with Crippen LogP contribution in [-0.2, 0) is 13.5 Å². The Kier molecular flexibility index (Phi) is 5.00. The monoisotopic (exact) mass is 423 g/mol. The van der Waals surface area contributed by atoms with Crippen LogP contribution in [0.25, 0.3) is 33.8 Å². The van der Waals surface area contributed by atoms with Gasteiger partial charge in [0.15, 0.2) is 5.69 Å². The first-order valence-corrected chi connectivity index (χ1v) is 12.0. The average molecular weight is 424 g/mol. The number of hydrogen-bond donors (Lipinski definition) is 0. The predicted octanol–water partition coefficient (Wildman–Crippen LogP) is 7.49. The molecule has 0 spiro atoms. The van der Waals surface area contributed by atoms with E-state index in [1.165, 1.54) is 61.2 Å². The van der Waals surface area contributed by atoms with Gasteiger partial charge in [-0.05, 0) is 48.8 Å². The fraction of sp³-hybridized carbons (Fsp3) is 0.367. The van der Waals surface area contributed by atoms with E-state index in [0.717, 1.165) is 12.8 Å². The van der Waals surface area contributed by atoms with Gasteiger partial charge >= 0.3 is 0 Å². The molecule has 2 aromatic carbocycles. The molecule has 4 aromatic rings. The molecule has 2 heterocycles. The molecule has 0 amide bonds. The van der Waals surface area contributed by atoms with Crippen molar-refractivity contribution in [3.63, 3.8) is 0 Å². The molecule has 0 bridgehead atoms. The Labute approximate surface area is 192 Å². The van der Waals surface area contributed by atoms with Gasteiger partial charge in [-0.1, -0.05) is 75.7 Å². The van der Waals surface area contributed by atoms with Crippen molar-refractivity contribution in [2.24, 2.45) is 7.05 Å². The molecule has 0 radical (unpaired) electrons. The minimum absolute atomic E-state index is 0.472. The standard InChI is InChI=1S/C30H35N2/c1-18(2)22-11-9-12-23(19(3)4)29(22)27-17-31(7)30-28-21(6)10-8-13-24(28)25-16-20(5)14-15-26(25)32(27)30/h8-13,16-19H,14-15H2,1-7H3/q+1. The maximum absolute atomic E-state index is 2.60. The Balaban J connectivity index is 2.03. The molecule has 32 heavy (non-hydrogen) atoms. The number of aryl methyl sites for hydroxylation is 3. The van der Waals surface area contributed by atoms with Crippen LogP contribution in [0.4, 0.5) is 0 Å². The summed E-state index contributed by atoms with van der Waals surface area (Å²) in [6.45, 7) is 13.8. The van der Waals surface area contributed by atoms with Gasteiger partial charge < -0.3 is 0 Å². The molecule has 2 nitrogen and oxygen atoms in total. The highest BCUT2D eigenvalue weighted by molar-refractivity contribution is 6.02. The Morgan fingerprint density at radius 2 is 1.53 bits per heavy atom. The molecule has 0 atom stereocenters. The number of benzene rings is 2.